The molecule has 3 rings (SSSR count). The first kappa shape index (κ1) is 29.1. The Balaban J connectivity index is 1.83. The summed E-state index contributed by atoms with van der Waals surface area (Å²) in [5.41, 5.74) is -2.20. The highest BCUT2D eigenvalue weighted by molar-refractivity contribution is 6.58. The van der Waals surface area contributed by atoms with E-state index < -0.39 is 51.4 Å². The molecule has 16 heteroatoms. The third-order valence-corrected chi connectivity index (χ3v) is 6.43. The summed E-state index contributed by atoms with van der Waals surface area (Å²) in [6, 6.07) is 6.26. The van der Waals surface area contributed by atoms with Gasteiger partial charge in [0.05, 0.1) is 81.3 Å². The largest absolute Gasteiger partial charge is 0.351 e. The second-order valence-corrected chi connectivity index (χ2v) is 9.63. The number of hydrogen-bond donors (Lipinski definition) is 1. The van der Waals surface area contributed by atoms with Gasteiger partial charge in [0.15, 0.2) is 0 Å². The number of likely N-dealkylation sites (tertiary alicyclic amines) is 1. The van der Waals surface area contributed by atoms with Crippen LogP contribution in [0.15, 0.2) is 36.5 Å². The van der Waals surface area contributed by atoms with Crippen molar-refractivity contribution in [1.82, 2.24) is 15.2 Å². The van der Waals surface area contributed by atoms with Crippen molar-refractivity contribution >= 4 is 88.1 Å². The van der Waals surface area contributed by atoms with Crippen LogP contribution < -0.4 is 5.32 Å². The summed E-state index contributed by atoms with van der Waals surface area (Å²) in [4.78, 5) is 18.0. The molecule has 0 spiro atoms. The first-order valence-corrected chi connectivity index (χ1v) is 10.9. The molecule has 1 aromatic carbocycles. The second kappa shape index (κ2) is 9.69. The van der Waals surface area contributed by atoms with Gasteiger partial charge in [0, 0.05) is 24.8 Å². The number of pyridine rings is 1. The zero-order valence-corrected chi connectivity index (χ0v) is 20.0. The van der Waals surface area contributed by atoms with Crippen molar-refractivity contribution in [3.63, 3.8) is 0 Å². The number of halogens is 3. The maximum Gasteiger partial charge on any atom is 0.252 e. The Labute approximate surface area is 226 Å². The highest BCUT2D eigenvalue weighted by atomic mass is 35.5. The molecule has 36 heavy (non-hydrogen) atoms. The highest BCUT2D eigenvalue weighted by Crippen LogP contribution is 2.52. The van der Waals surface area contributed by atoms with Gasteiger partial charge in [-0.25, -0.2) is 8.78 Å². The van der Waals surface area contributed by atoms with Crippen LogP contribution in [0.2, 0.25) is 10.2 Å². The van der Waals surface area contributed by atoms with Crippen molar-refractivity contribution < 1.29 is 13.6 Å². The molecule has 1 N–H and O–H groups in total. The molecule has 0 saturated carbocycles. The smallest absolute Gasteiger partial charge is 0.252 e. The van der Waals surface area contributed by atoms with Crippen molar-refractivity contribution in [3.8, 4) is 0 Å². The van der Waals surface area contributed by atoms with Crippen molar-refractivity contribution in [2.75, 3.05) is 6.54 Å². The van der Waals surface area contributed by atoms with E-state index in [2.05, 4.69) is 10.3 Å². The van der Waals surface area contributed by atoms with Gasteiger partial charge in [0.2, 0.25) is 0 Å². The monoisotopic (exact) mass is 483 g/mol. The molecule has 4 nitrogen and oxygen atoms in total. The molecule has 1 fully saturated rings. The van der Waals surface area contributed by atoms with Crippen molar-refractivity contribution in [3.05, 3.63) is 64.2 Å². The lowest BCUT2D eigenvalue weighted by atomic mass is 9.31. The number of rotatable bonds is 6. The van der Waals surface area contributed by atoms with Gasteiger partial charge in [-0.3, -0.25) is 9.78 Å². The average Bonchev–Trinajstić information content (AvgIpc) is 2.76. The van der Waals surface area contributed by atoms with E-state index in [0.717, 1.165) is 23.1 Å². The first-order chi connectivity index (χ1) is 16.3. The van der Waals surface area contributed by atoms with Crippen molar-refractivity contribution in [2.45, 2.75) is 39.6 Å². The Morgan fingerprint density at radius 1 is 1.11 bits per heavy atom. The maximum absolute atomic E-state index is 16.5. The van der Waals surface area contributed by atoms with Gasteiger partial charge in [0.25, 0.3) is 5.91 Å². The average molecular weight is 482 g/mol. The molecule has 18 radical (unpaired) electrons. The van der Waals surface area contributed by atoms with E-state index in [1.54, 1.807) is 0 Å². The molecule has 1 amide bonds. The molecule has 1 aliphatic heterocycles. The Morgan fingerprint density at radius 2 is 1.75 bits per heavy atom. The minimum absolute atomic E-state index is 0.0697. The van der Waals surface area contributed by atoms with Gasteiger partial charge in [0.1, 0.15) is 11.5 Å². The minimum atomic E-state index is -2.85. The van der Waals surface area contributed by atoms with Gasteiger partial charge in [-0.15, -0.1) is 5.11 Å². The molecule has 1 atom stereocenters. The van der Waals surface area contributed by atoms with E-state index in [0.29, 0.717) is 11.3 Å². The molecule has 1 aliphatic rings. The van der Waals surface area contributed by atoms with Crippen LogP contribution >= 0.6 is 11.6 Å². The molecule has 1 unspecified atom stereocenters. The zero-order valence-electron chi connectivity index (χ0n) is 19.2. The fourth-order valence-corrected chi connectivity index (χ4v) is 4.10. The number of amides is 1. The second-order valence-electron chi connectivity index (χ2n) is 9.22. The van der Waals surface area contributed by atoms with Crippen LogP contribution in [0.4, 0.5) is 8.78 Å². The lowest BCUT2D eigenvalue weighted by Crippen LogP contribution is -2.76. The summed E-state index contributed by atoms with van der Waals surface area (Å²) in [5.74, 6) is -1.55. The summed E-state index contributed by atoms with van der Waals surface area (Å²) in [6.07, 6.45) is 0.472. The van der Waals surface area contributed by atoms with Crippen LogP contribution in [-0.4, -0.2) is 109 Å². The van der Waals surface area contributed by atoms with Crippen LogP contribution in [0.5, 0.6) is 0 Å². The lowest BCUT2D eigenvalue weighted by molar-refractivity contribution is -0.000699. The van der Waals surface area contributed by atoms with Crippen molar-refractivity contribution in [2.24, 2.45) is 0 Å². The van der Waals surface area contributed by atoms with Gasteiger partial charge in [-0.05, 0) is 52.1 Å². The van der Waals surface area contributed by atoms with Gasteiger partial charge in [-0.2, -0.15) is 0 Å². The normalized spacial score (nSPS) is 21.7. The standard InChI is InChI=1S/C20H13B9ClF2N3O/c21-17(22)9-35(15(36)10-1-4-14(31)13(30)5-10)18(23,24)8-16(17,32)20(28,29)34-7-12-3-2-11(6-33-12)19(25,26)27/h1-6,34H,7-9H2. The third-order valence-electron chi connectivity index (χ3n) is 6.14. The topological polar surface area (TPSA) is 45.2 Å². The lowest BCUT2D eigenvalue weighted by Gasteiger charge is -2.63. The fraction of sp³-hybridized carbons (Fsp3) is 0.400. The van der Waals surface area contributed by atoms with E-state index >= 15 is 4.39 Å². The van der Waals surface area contributed by atoms with E-state index in [9.17, 15) is 9.18 Å². The Bertz CT molecular complexity index is 1150. The summed E-state index contributed by atoms with van der Waals surface area (Å²) in [6.45, 7) is -0.832. The summed E-state index contributed by atoms with van der Waals surface area (Å²) < 4.78 is 30.0. The molecular weight excluding hydrogens is 469 g/mol. The van der Waals surface area contributed by atoms with Gasteiger partial charge >= 0.3 is 0 Å². The molecular formula is C20H13B9ClF2N3O. The molecule has 2 heterocycles. The Hall–Kier alpha value is -1.47. The quantitative estimate of drug-likeness (QED) is 0.553. The molecule has 1 saturated heterocycles. The number of nitrogens with one attached hydrogen (secondary N) is 1. The predicted molar refractivity (Wildman–Crippen MR) is 144 cm³/mol. The molecule has 0 aliphatic carbocycles. The summed E-state index contributed by atoms with van der Waals surface area (Å²) >= 11 is 5.76. The number of benzene rings is 1. The molecule has 2 aromatic rings. The third kappa shape index (κ3) is 5.52. The van der Waals surface area contributed by atoms with Gasteiger partial charge in [-0.1, -0.05) is 17.7 Å². The number of aromatic nitrogens is 1. The number of carbonyl (C=O) groups is 1. The van der Waals surface area contributed by atoms with E-state index in [-0.39, 0.29) is 17.1 Å². The van der Waals surface area contributed by atoms with E-state index in [1.165, 1.54) is 18.3 Å². The number of alkyl halides is 1. The SMILES string of the molecule is [B]C([B])([B])c1ccc(CNC([B])([B])C2(F)CC([B])([B])N(C(=O)c3ccc(F)c(Cl)c3)CC2([B])[B])nc1. The van der Waals surface area contributed by atoms with Crippen LogP contribution in [0.3, 0.4) is 0 Å². The van der Waals surface area contributed by atoms with E-state index in [4.69, 9.17) is 82.2 Å². The summed E-state index contributed by atoms with van der Waals surface area (Å²) in [7, 11) is 53.5. The molecule has 0 bridgehead atoms. The number of nitrogens with zero attached hydrogens (tertiary/aromatic N) is 2. The molecule has 162 valence electrons. The zero-order chi connectivity index (χ0) is 27.3. The maximum atomic E-state index is 16.5. The van der Waals surface area contributed by atoms with Crippen LogP contribution in [0.25, 0.3) is 0 Å². The Kier molecular flexibility index (Phi) is 7.83. The number of hydrogen-bond acceptors (Lipinski definition) is 3. The number of carbonyl (C=O) groups excluding carboxylic acids is 1. The van der Waals surface area contributed by atoms with Crippen LogP contribution in [0.1, 0.15) is 28.0 Å². The minimum Gasteiger partial charge on any atom is -0.351 e. The Morgan fingerprint density at radius 3 is 2.28 bits per heavy atom. The molecule has 1 aromatic heterocycles. The highest BCUT2D eigenvalue weighted by Gasteiger charge is 2.60. The first-order valence-electron chi connectivity index (χ1n) is 10.6. The number of piperidine rings is 1. The van der Waals surface area contributed by atoms with Crippen LogP contribution in [-0.2, 0) is 11.7 Å². The summed E-state index contributed by atoms with van der Waals surface area (Å²) in [5, 5.41) is -6.16. The van der Waals surface area contributed by atoms with Crippen LogP contribution in [0, 0.1) is 5.82 Å². The fourth-order valence-electron chi connectivity index (χ4n) is 3.92. The van der Waals surface area contributed by atoms with Gasteiger partial charge < -0.3 is 10.2 Å². The van der Waals surface area contributed by atoms with Crippen molar-refractivity contribution in [1.29, 1.82) is 0 Å². The predicted octanol–water partition coefficient (Wildman–Crippen LogP) is -0.731. The van der Waals surface area contributed by atoms with E-state index in [1.807, 2.05) is 0 Å².